The smallest absolute Gasteiger partial charge is 0.255 e. The summed E-state index contributed by atoms with van der Waals surface area (Å²) >= 11 is 0. The standard InChI is InChI=1S/C17H24N2O3/c1-11-3-2-4-13-9-12(7-8-19(11)13)18-17(22)15-10-14(20)5-6-16(15)21/h5-6,10-13,20-21H,2-4,7-9H2,1H3,(H,18,22)/t11-,12+,13-/m1/s1. The predicted molar refractivity (Wildman–Crippen MR) is 84.1 cm³/mol. The fraction of sp³-hybridized carbons (Fsp3) is 0.588. The second kappa shape index (κ2) is 6.16. The molecule has 5 nitrogen and oxygen atoms in total. The van der Waals surface area contributed by atoms with E-state index in [9.17, 15) is 15.0 Å². The Bertz CT molecular complexity index is 561. The van der Waals surface area contributed by atoms with Crippen LogP contribution in [-0.4, -0.2) is 45.7 Å². The Morgan fingerprint density at radius 3 is 2.91 bits per heavy atom. The van der Waals surface area contributed by atoms with Gasteiger partial charge >= 0.3 is 0 Å². The number of benzene rings is 1. The van der Waals surface area contributed by atoms with E-state index in [0.29, 0.717) is 12.1 Å². The number of rotatable bonds is 2. The molecule has 1 aromatic carbocycles. The van der Waals surface area contributed by atoms with E-state index in [1.54, 1.807) is 0 Å². The van der Waals surface area contributed by atoms with Crippen molar-refractivity contribution >= 4 is 5.91 Å². The zero-order valence-electron chi connectivity index (χ0n) is 13.0. The summed E-state index contributed by atoms with van der Waals surface area (Å²) in [6.07, 6.45) is 5.64. The second-order valence-electron chi connectivity index (χ2n) is 6.57. The third-order valence-electron chi connectivity index (χ3n) is 5.05. The van der Waals surface area contributed by atoms with Gasteiger partial charge in [-0.1, -0.05) is 6.42 Å². The van der Waals surface area contributed by atoms with Crippen LogP contribution in [0, 0.1) is 0 Å². The van der Waals surface area contributed by atoms with Crippen LogP contribution < -0.4 is 5.32 Å². The summed E-state index contributed by atoms with van der Waals surface area (Å²) in [5, 5.41) is 22.3. The summed E-state index contributed by atoms with van der Waals surface area (Å²) in [5.41, 5.74) is 0.138. The number of nitrogens with zero attached hydrogens (tertiary/aromatic N) is 1. The zero-order valence-corrected chi connectivity index (χ0v) is 13.0. The highest BCUT2D eigenvalue weighted by Gasteiger charge is 2.34. The largest absolute Gasteiger partial charge is 0.508 e. The van der Waals surface area contributed by atoms with Gasteiger partial charge in [-0.2, -0.15) is 0 Å². The maximum absolute atomic E-state index is 12.3. The molecule has 5 heteroatoms. The molecule has 3 atom stereocenters. The van der Waals surface area contributed by atoms with Gasteiger partial charge in [-0.05, 0) is 50.8 Å². The first-order chi connectivity index (χ1) is 10.5. The Morgan fingerprint density at radius 2 is 2.09 bits per heavy atom. The summed E-state index contributed by atoms with van der Waals surface area (Å²) < 4.78 is 0. The minimum Gasteiger partial charge on any atom is -0.508 e. The number of carbonyl (C=O) groups excluding carboxylic acids is 1. The van der Waals surface area contributed by atoms with Crippen LogP contribution in [0.15, 0.2) is 18.2 Å². The molecule has 0 radical (unpaired) electrons. The van der Waals surface area contributed by atoms with Crippen LogP contribution in [0.3, 0.4) is 0 Å². The van der Waals surface area contributed by atoms with Crippen LogP contribution in [0.4, 0.5) is 0 Å². The number of phenols is 2. The highest BCUT2D eigenvalue weighted by molar-refractivity contribution is 5.97. The van der Waals surface area contributed by atoms with E-state index in [1.165, 1.54) is 37.5 Å². The molecule has 3 N–H and O–H groups in total. The molecule has 0 aliphatic carbocycles. The number of fused-ring (bicyclic) bond motifs is 1. The number of aromatic hydroxyl groups is 2. The molecule has 1 amide bonds. The Hall–Kier alpha value is -1.75. The highest BCUT2D eigenvalue weighted by atomic mass is 16.3. The van der Waals surface area contributed by atoms with Gasteiger partial charge in [0, 0.05) is 24.7 Å². The van der Waals surface area contributed by atoms with Crippen molar-refractivity contribution in [2.45, 2.75) is 57.2 Å². The summed E-state index contributed by atoms with van der Waals surface area (Å²) in [4.78, 5) is 14.9. The van der Waals surface area contributed by atoms with Crippen molar-refractivity contribution in [1.29, 1.82) is 0 Å². The number of carbonyl (C=O) groups is 1. The lowest BCUT2D eigenvalue weighted by atomic mass is 9.87. The molecule has 120 valence electrons. The van der Waals surface area contributed by atoms with E-state index in [-0.39, 0.29) is 29.0 Å². The molecule has 2 aliphatic rings. The number of amides is 1. The number of hydrogen-bond acceptors (Lipinski definition) is 4. The fourth-order valence-corrected chi connectivity index (χ4v) is 3.85. The van der Waals surface area contributed by atoms with Crippen molar-refractivity contribution in [3.63, 3.8) is 0 Å². The molecule has 0 aromatic heterocycles. The molecule has 2 heterocycles. The van der Waals surface area contributed by atoms with E-state index in [0.717, 1.165) is 19.4 Å². The number of piperidine rings is 2. The third kappa shape index (κ3) is 3.04. The summed E-state index contributed by atoms with van der Waals surface area (Å²) in [6.45, 7) is 3.30. The molecule has 0 bridgehead atoms. The lowest BCUT2D eigenvalue weighted by Crippen LogP contribution is -2.54. The summed E-state index contributed by atoms with van der Waals surface area (Å²) in [6, 6.07) is 5.36. The summed E-state index contributed by atoms with van der Waals surface area (Å²) in [5.74, 6) is -0.423. The minimum absolute atomic E-state index is 0.0149. The number of phenolic OH excluding ortho intramolecular Hbond substituents is 2. The van der Waals surface area contributed by atoms with Gasteiger partial charge in [-0.15, -0.1) is 0 Å². The van der Waals surface area contributed by atoms with Gasteiger partial charge < -0.3 is 15.5 Å². The quantitative estimate of drug-likeness (QED) is 0.733. The molecule has 2 fully saturated rings. The van der Waals surface area contributed by atoms with E-state index in [4.69, 9.17) is 0 Å². The molecule has 2 aliphatic heterocycles. The molecule has 0 unspecified atom stereocenters. The van der Waals surface area contributed by atoms with Gasteiger partial charge in [-0.3, -0.25) is 9.69 Å². The van der Waals surface area contributed by atoms with Crippen LogP contribution in [0.25, 0.3) is 0 Å². The van der Waals surface area contributed by atoms with Gasteiger partial charge in [-0.25, -0.2) is 0 Å². The third-order valence-corrected chi connectivity index (χ3v) is 5.05. The van der Waals surface area contributed by atoms with Crippen molar-refractivity contribution in [3.05, 3.63) is 23.8 Å². The average molecular weight is 304 g/mol. The van der Waals surface area contributed by atoms with Crippen molar-refractivity contribution < 1.29 is 15.0 Å². The minimum atomic E-state index is -0.310. The first kappa shape index (κ1) is 15.2. The first-order valence-electron chi connectivity index (χ1n) is 8.13. The van der Waals surface area contributed by atoms with Crippen LogP contribution >= 0.6 is 0 Å². The topological polar surface area (TPSA) is 72.8 Å². The SMILES string of the molecule is C[C@@H]1CCC[C@@H]2C[C@@H](NC(=O)c3cc(O)ccc3O)CCN21. The van der Waals surface area contributed by atoms with E-state index in [1.807, 2.05) is 0 Å². The van der Waals surface area contributed by atoms with E-state index < -0.39 is 0 Å². The van der Waals surface area contributed by atoms with Gasteiger partial charge in [0.25, 0.3) is 5.91 Å². The molecular formula is C17H24N2O3. The molecular weight excluding hydrogens is 280 g/mol. The molecule has 1 aromatic rings. The molecule has 3 rings (SSSR count). The fourth-order valence-electron chi connectivity index (χ4n) is 3.85. The van der Waals surface area contributed by atoms with Crippen molar-refractivity contribution in [2.75, 3.05) is 6.54 Å². The van der Waals surface area contributed by atoms with Crippen LogP contribution in [0.5, 0.6) is 11.5 Å². The van der Waals surface area contributed by atoms with Crippen LogP contribution in [-0.2, 0) is 0 Å². The maximum Gasteiger partial charge on any atom is 0.255 e. The molecule has 22 heavy (non-hydrogen) atoms. The van der Waals surface area contributed by atoms with Crippen LogP contribution in [0.2, 0.25) is 0 Å². The first-order valence-corrected chi connectivity index (χ1v) is 8.13. The van der Waals surface area contributed by atoms with Crippen molar-refractivity contribution in [1.82, 2.24) is 10.2 Å². The Morgan fingerprint density at radius 1 is 1.27 bits per heavy atom. The van der Waals surface area contributed by atoms with Crippen LogP contribution in [0.1, 0.15) is 49.4 Å². The lowest BCUT2D eigenvalue weighted by molar-refractivity contribution is 0.0457. The van der Waals surface area contributed by atoms with Gasteiger partial charge in [0.15, 0.2) is 0 Å². The normalized spacial score (nSPS) is 28.9. The number of nitrogens with one attached hydrogen (secondary N) is 1. The van der Waals surface area contributed by atoms with Gasteiger partial charge in [0.1, 0.15) is 11.5 Å². The van der Waals surface area contributed by atoms with Gasteiger partial charge in [0.2, 0.25) is 0 Å². The molecule has 0 spiro atoms. The maximum atomic E-state index is 12.3. The summed E-state index contributed by atoms with van der Waals surface area (Å²) in [7, 11) is 0. The van der Waals surface area contributed by atoms with E-state index >= 15 is 0 Å². The Labute approximate surface area is 130 Å². The van der Waals surface area contributed by atoms with Crippen molar-refractivity contribution in [2.24, 2.45) is 0 Å². The Kier molecular flexibility index (Phi) is 4.25. The second-order valence-corrected chi connectivity index (χ2v) is 6.57. The van der Waals surface area contributed by atoms with Crippen molar-refractivity contribution in [3.8, 4) is 11.5 Å². The number of hydrogen-bond donors (Lipinski definition) is 3. The monoisotopic (exact) mass is 304 g/mol. The molecule has 2 saturated heterocycles. The molecule has 0 saturated carbocycles. The highest BCUT2D eigenvalue weighted by Crippen LogP contribution is 2.30. The predicted octanol–water partition coefficient (Wildman–Crippen LogP) is 2.23. The average Bonchev–Trinajstić information content (AvgIpc) is 2.50. The zero-order chi connectivity index (χ0) is 15.7. The van der Waals surface area contributed by atoms with E-state index in [2.05, 4.69) is 17.1 Å². The van der Waals surface area contributed by atoms with Gasteiger partial charge in [0.05, 0.1) is 5.56 Å². The Balaban J connectivity index is 1.64. The lowest BCUT2D eigenvalue weighted by Gasteiger charge is -2.46.